The van der Waals surface area contributed by atoms with E-state index < -0.39 is 0 Å². The average molecular weight is 236 g/mol. The molecule has 0 heterocycles. The third-order valence-electron chi connectivity index (χ3n) is 5.20. The second-order valence-electron chi connectivity index (χ2n) is 6.23. The fourth-order valence-corrected chi connectivity index (χ4v) is 4.01. The molecule has 3 aliphatic rings. The summed E-state index contributed by atoms with van der Waals surface area (Å²) in [7, 11) is 0. The molecule has 2 nitrogen and oxygen atoms in total. The van der Waals surface area contributed by atoms with E-state index in [1.165, 1.54) is 51.4 Å². The van der Waals surface area contributed by atoms with Gasteiger partial charge in [0.25, 0.3) is 0 Å². The molecule has 0 aromatic heterocycles. The van der Waals surface area contributed by atoms with Crippen molar-refractivity contribution in [2.45, 2.75) is 82.8 Å². The highest BCUT2D eigenvalue weighted by atomic mass is 16.5. The van der Waals surface area contributed by atoms with Crippen molar-refractivity contribution in [1.29, 1.82) is 0 Å². The Kier molecular flexibility index (Phi) is 3.25. The predicted octanol–water partition coefficient (Wildman–Crippen LogP) is 3.63. The van der Waals surface area contributed by atoms with Gasteiger partial charge in [0.15, 0.2) is 0 Å². The van der Waals surface area contributed by atoms with Crippen molar-refractivity contribution in [2.75, 3.05) is 0 Å². The van der Waals surface area contributed by atoms with Gasteiger partial charge in [-0.3, -0.25) is 4.79 Å². The number of hydrogen-bond acceptors (Lipinski definition) is 2. The standard InChI is InChI=1S/C15H24O2/c16-13-11-14(17-12-7-3-4-8-12)15(13)9-5-1-2-6-10-15/h12,14H,1-11H2. The third-order valence-corrected chi connectivity index (χ3v) is 5.20. The molecule has 17 heavy (non-hydrogen) atoms. The van der Waals surface area contributed by atoms with Crippen LogP contribution in [0.3, 0.4) is 0 Å². The number of hydrogen-bond donors (Lipinski definition) is 0. The van der Waals surface area contributed by atoms with Crippen molar-refractivity contribution in [2.24, 2.45) is 5.41 Å². The molecule has 3 fully saturated rings. The van der Waals surface area contributed by atoms with Crippen LogP contribution in [0.4, 0.5) is 0 Å². The molecule has 1 unspecified atom stereocenters. The second-order valence-corrected chi connectivity index (χ2v) is 6.23. The Hall–Kier alpha value is -0.370. The minimum absolute atomic E-state index is 0.0426. The number of ketones is 1. The van der Waals surface area contributed by atoms with Crippen LogP contribution in [0.2, 0.25) is 0 Å². The molecule has 96 valence electrons. The third kappa shape index (κ3) is 2.05. The average Bonchev–Trinajstić information content (AvgIpc) is 2.70. The van der Waals surface area contributed by atoms with Crippen LogP contribution in [0.15, 0.2) is 0 Å². The van der Waals surface area contributed by atoms with Crippen molar-refractivity contribution in [1.82, 2.24) is 0 Å². The first-order chi connectivity index (χ1) is 8.31. The van der Waals surface area contributed by atoms with Gasteiger partial charge < -0.3 is 4.74 Å². The van der Waals surface area contributed by atoms with Crippen LogP contribution in [0.5, 0.6) is 0 Å². The Morgan fingerprint density at radius 2 is 1.59 bits per heavy atom. The summed E-state index contributed by atoms with van der Waals surface area (Å²) in [6, 6.07) is 0. The quantitative estimate of drug-likeness (QED) is 0.732. The fourth-order valence-electron chi connectivity index (χ4n) is 4.01. The minimum atomic E-state index is -0.0426. The lowest BCUT2D eigenvalue weighted by Gasteiger charge is -2.48. The zero-order valence-corrected chi connectivity index (χ0v) is 10.7. The molecular weight excluding hydrogens is 212 g/mol. The topological polar surface area (TPSA) is 26.3 Å². The van der Waals surface area contributed by atoms with Crippen molar-refractivity contribution >= 4 is 5.78 Å². The van der Waals surface area contributed by atoms with E-state index in [1.54, 1.807) is 0 Å². The smallest absolute Gasteiger partial charge is 0.144 e. The highest BCUT2D eigenvalue weighted by molar-refractivity contribution is 5.92. The Morgan fingerprint density at radius 1 is 0.941 bits per heavy atom. The summed E-state index contributed by atoms with van der Waals surface area (Å²) in [4.78, 5) is 12.1. The first-order valence-corrected chi connectivity index (χ1v) is 7.50. The van der Waals surface area contributed by atoms with Gasteiger partial charge in [0.05, 0.1) is 17.6 Å². The van der Waals surface area contributed by atoms with Gasteiger partial charge in [-0.05, 0) is 25.7 Å². The van der Waals surface area contributed by atoms with E-state index in [2.05, 4.69) is 0 Å². The maximum Gasteiger partial charge on any atom is 0.144 e. The summed E-state index contributed by atoms with van der Waals surface area (Å²) in [5, 5.41) is 0. The zero-order chi connectivity index (χ0) is 11.7. The highest BCUT2D eigenvalue weighted by Crippen LogP contribution is 2.50. The lowest BCUT2D eigenvalue weighted by molar-refractivity contribution is -0.174. The molecule has 0 N–H and O–H groups in total. The van der Waals surface area contributed by atoms with E-state index in [0.717, 1.165) is 12.8 Å². The molecule has 0 aromatic carbocycles. The minimum Gasteiger partial charge on any atom is -0.373 e. The number of Topliss-reactive ketones (excluding diaryl/α,β-unsaturated/α-hetero) is 1. The van der Waals surface area contributed by atoms with E-state index in [9.17, 15) is 4.79 Å². The Labute approximate surface area is 104 Å². The number of rotatable bonds is 2. The maximum atomic E-state index is 12.1. The van der Waals surface area contributed by atoms with Gasteiger partial charge in [0.1, 0.15) is 5.78 Å². The SMILES string of the molecule is O=C1CC(OC2CCCC2)C12CCCCCC2. The summed E-state index contributed by atoms with van der Waals surface area (Å²) < 4.78 is 6.25. The molecular formula is C15H24O2. The highest BCUT2D eigenvalue weighted by Gasteiger charge is 2.55. The summed E-state index contributed by atoms with van der Waals surface area (Å²) in [6.07, 6.45) is 13.8. The summed E-state index contributed by atoms with van der Waals surface area (Å²) in [6.45, 7) is 0. The lowest BCUT2D eigenvalue weighted by atomic mass is 9.60. The predicted molar refractivity (Wildman–Crippen MR) is 66.9 cm³/mol. The van der Waals surface area contributed by atoms with E-state index in [-0.39, 0.29) is 11.5 Å². The summed E-state index contributed by atoms with van der Waals surface area (Å²) >= 11 is 0. The molecule has 3 saturated carbocycles. The Balaban J connectivity index is 1.65. The van der Waals surface area contributed by atoms with Crippen molar-refractivity contribution in [3.8, 4) is 0 Å². The number of carbonyl (C=O) groups is 1. The van der Waals surface area contributed by atoms with Gasteiger partial charge in [0.2, 0.25) is 0 Å². The Bertz CT molecular complexity index is 283. The van der Waals surface area contributed by atoms with Crippen molar-refractivity contribution in [3.63, 3.8) is 0 Å². The fraction of sp³-hybridized carbons (Fsp3) is 0.933. The molecule has 2 heteroatoms. The van der Waals surface area contributed by atoms with Gasteiger partial charge in [-0.1, -0.05) is 38.5 Å². The van der Waals surface area contributed by atoms with Gasteiger partial charge in [-0.25, -0.2) is 0 Å². The second kappa shape index (κ2) is 4.72. The summed E-state index contributed by atoms with van der Waals surface area (Å²) in [5.74, 6) is 0.502. The van der Waals surface area contributed by atoms with E-state index in [0.29, 0.717) is 18.3 Å². The van der Waals surface area contributed by atoms with Crippen LogP contribution in [0, 0.1) is 5.41 Å². The summed E-state index contributed by atoms with van der Waals surface area (Å²) in [5.41, 5.74) is -0.0426. The van der Waals surface area contributed by atoms with Gasteiger partial charge in [0, 0.05) is 6.42 Å². The van der Waals surface area contributed by atoms with E-state index in [4.69, 9.17) is 4.74 Å². The largest absolute Gasteiger partial charge is 0.373 e. The van der Waals surface area contributed by atoms with Crippen LogP contribution in [-0.2, 0) is 9.53 Å². The van der Waals surface area contributed by atoms with Gasteiger partial charge >= 0.3 is 0 Å². The molecule has 0 radical (unpaired) electrons. The van der Waals surface area contributed by atoms with Crippen LogP contribution in [0.1, 0.15) is 70.6 Å². The molecule has 1 spiro atoms. The molecule has 0 aliphatic heterocycles. The van der Waals surface area contributed by atoms with Crippen LogP contribution >= 0.6 is 0 Å². The molecule has 0 amide bonds. The maximum absolute atomic E-state index is 12.1. The van der Waals surface area contributed by atoms with Gasteiger partial charge in [-0.2, -0.15) is 0 Å². The molecule has 0 bridgehead atoms. The lowest BCUT2D eigenvalue weighted by Crippen LogP contribution is -2.55. The van der Waals surface area contributed by atoms with Crippen molar-refractivity contribution < 1.29 is 9.53 Å². The number of ether oxygens (including phenoxy) is 1. The van der Waals surface area contributed by atoms with Gasteiger partial charge in [-0.15, -0.1) is 0 Å². The first-order valence-electron chi connectivity index (χ1n) is 7.50. The molecule has 0 saturated heterocycles. The van der Waals surface area contributed by atoms with E-state index >= 15 is 0 Å². The Morgan fingerprint density at radius 3 is 2.18 bits per heavy atom. The van der Waals surface area contributed by atoms with Crippen LogP contribution < -0.4 is 0 Å². The molecule has 3 aliphatic carbocycles. The van der Waals surface area contributed by atoms with E-state index in [1.807, 2.05) is 0 Å². The molecule has 0 aromatic rings. The molecule has 1 atom stereocenters. The van der Waals surface area contributed by atoms with Crippen LogP contribution in [0.25, 0.3) is 0 Å². The zero-order valence-electron chi connectivity index (χ0n) is 10.7. The normalized spacial score (nSPS) is 33.6. The van der Waals surface area contributed by atoms with Crippen molar-refractivity contribution in [3.05, 3.63) is 0 Å². The monoisotopic (exact) mass is 236 g/mol. The first kappa shape index (κ1) is 11.7. The molecule has 3 rings (SSSR count). The van der Waals surface area contributed by atoms with Crippen LogP contribution in [-0.4, -0.2) is 18.0 Å². The number of carbonyl (C=O) groups excluding carboxylic acids is 1.